The number of benzene rings is 1. The van der Waals surface area contributed by atoms with Crippen molar-refractivity contribution in [1.29, 1.82) is 5.26 Å². The highest BCUT2D eigenvalue weighted by Gasteiger charge is 2.55. The average Bonchev–Trinajstić information content (AvgIpc) is 2.77. The molecular formula is C15H19NO3S. The molecule has 1 saturated heterocycles. The predicted molar refractivity (Wildman–Crippen MR) is 76.7 cm³/mol. The van der Waals surface area contributed by atoms with Crippen LogP contribution in [-0.2, 0) is 16.3 Å². The largest absolute Gasteiger partial charge is 0.388 e. The molecule has 2 rings (SSSR count). The molecule has 1 heterocycles. The van der Waals surface area contributed by atoms with Crippen LogP contribution in [0.2, 0.25) is 0 Å². The number of sulfone groups is 1. The van der Waals surface area contributed by atoms with Crippen molar-refractivity contribution in [3.63, 3.8) is 0 Å². The summed E-state index contributed by atoms with van der Waals surface area (Å²) < 4.78 is 23.5. The summed E-state index contributed by atoms with van der Waals surface area (Å²) >= 11 is 0. The molecule has 1 aliphatic rings. The van der Waals surface area contributed by atoms with E-state index in [1.807, 2.05) is 30.3 Å². The fraction of sp³-hybridized carbons (Fsp3) is 0.533. The normalized spacial score (nSPS) is 27.6. The highest BCUT2D eigenvalue weighted by molar-refractivity contribution is 7.91. The molecule has 1 aromatic rings. The first-order chi connectivity index (χ1) is 9.36. The van der Waals surface area contributed by atoms with Gasteiger partial charge < -0.3 is 5.11 Å². The van der Waals surface area contributed by atoms with Crippen molar-refractivity contribution >= 4 is 9.84 Å². The van der Waals surface area contributed by atoms with Gasteiger partial charge in [-0.25, -0.2) is 8.42 Å². The van der Waals surface area contributed by atoms with Crippen molar-refractivity contribution in [3.05, 3.63) is 35.9 Å². The molecule has 1 fully saturated rings. The molecule has 108 valence electrons. The molecule has 0 radical (unpaired) electrons. The van der Waals surface area contributed by atoms with Gasteiger partial charge in [0.05, 0.1) is 23.2 Å². The van der Waals surface area contributed by atoms with E-state index in [-0.39, 0.29) is 17.9 Å². The molecular weight excluding hydrogens is 274 g/mol. The van der Waals surface area contributed by atoms with E-state index in [1.54, 1.807) is 6.92 Å². The highest BCUT2D eigenvalue weighted by Crippen LogP contribution is 2.45. The minimum absolute atomic E-state index is 0.0162. The van der Waals surface area contributed by atoms with E-state index in [4.69, 9.17) is 0 Å². The lowest BCUT2D eigenvalue weighted by Gasteiger charge is -2.39. The van der Waals surface area contributed by atoms with Crippen LogP contribution in [0.1, 0.15) is 25.3 Å². The van der Waals surface area contributed by atoms with Gasteiger partial charge in [-0.1, -0.05) is 37.3 Å². The monoisotopic (exact) mass is 293 g/mol. The Balaban J connectivity index is 2.37. The minimum atomic E-state index is -3.23. The number of rotatable bonds is 4. The van der Waals surface area contributed by atoms with Crippen LogP contribution >= 0.6 is 0 Å². The summed E-state index contributed by atoms with van der Waals surface area (Å²) in [6.07, 6.45) is 0.863. The number of hydrogen-bond donors (Lipinski definition) is 1. The third-order valence-electron chi connectivity index (χ3n) is 4.34. The van der Waals surface area contributed by atoms with Gasteiger partial charge >= 0.3 is 0 Å². The molecule has 1 N–H and O–H groups in total. The van der Waals surface area contributed by atoms with Gasteiger partial charge in [0.15, 0.2) is 9.84 Å². The SMILES string of the molecule is CCC(O)(Cc1ccccc1)C1(C#N)CCS(=O)(=O)C1. The third-order valence-corrected chi connectivity index (χ3v) is 6.09. The zero-order valence-corrected chi connectivity index (χ0v) is 12.4. The number of hydrogen-bond acceptors (Lipinski definition) is 4. The van der Waals surface area contributed by atoms with Crippen LogP contribution in [0.4, 0.5) is 0 Å². The van der Waals surface area contributed by atoms with Crippen molar-refractivity contribution in [3.8, 4) is 6.07 Å². The van der Waals surface area contributed by atoms with Gasteiger partial charge in [0.25, 0.3) is 0 Å². The van der Waals surface area contributed by atoms with Crippen LogP contribution in [0.3, 0.4) is 0 Å². The van der Waals surface area contributed by atoms with E-state index in [2.05, 4.69) is 6.07 Å². The van der Waals surface area contributed by atoms with Gasteiger partial charge in [0.1, 0.15) is 5.41 Å². The first-order valence-electron chi connectivity index (χ1n) is 6.74. The van der Waals surface area contributed by atoms with Crippen molar-refractivity contribution in [2.45, 2.75) is 31.8 Å². The van der Waals surface area contributed by atoms with Crippen molar-refractivity contribution in [2.24, 2.45) is 5.41 Å². The first kappa shape index (κ1) is 15.0. The summed E-state index contributed by atoms with van der Waals surface area (Å²) in [4.78, 5) is 0. The zero-order valence-electron chi connectivity index (χ0n) is 11.5. The molecule has 1 aromatic carbocycles. The van der Waals surface area contributed by atoms with Crippen LogP contribution in [0.15, 0.2) is 30.3 Å². The highest BCUT2D eigenvalue weighted by atomic mass is 32.2. The summed E-state index contributed by atoms with van der Waals surface area (Å²) in [6.45, 7) is 1.80. The lowest BCUT2D eigenvalue weighted by molar-refractivity contribution is -0.0466. The topological polar surface area (TPSA) is 78.2 Å². The molecule has 4 nitrogen and oxygen atoms in total. The lowest BCUT2D eigenvalue weighted by atomic mass is 9.68. The van der Waals surface area contributed by atoms with Crippen molar-refractivity contribution < 1.29 is 13.5 Å². The van der Waals surface area contributed by atoms with E-state index in [1.165, 1.54) is 0 Å². The molecule has 0 amide bonds. The molecule has 1 aliphatic heterocycles. The maximum Gasteiger partial charge on any atom is 0.152 e. The maximum absolute atomic E-state index is 11.8. The van der Waals surface area contributed by atoms with Crippen LogP contribution in [0.5, 0.6) is 0 Å². The second-order valence-electron chi connectivity index (χ2n) is 5.58. The van der Waals surface area contributed by atoms with E-state index >= 15 is 0 Å². The van der Waals surface area contributed by atoms with E-state index in [0.29, 0.717) is 12.8 Å². The van der Waals surface area contributed by atoms with Crippen LogP contribution < -0.4 is 0 Å². The molecule has 20 heavy (non-hydrogen) atoms. The molecule has 5 heteroatoms. The summed E-state index contributed by atoms with van der Waals surface area (Å²) in [5.41, 5.74) is -1.60. The van der Waals surface area contributed by atoms with Crippen LogP contribution in [0.25, 0.3) is 0 Å². The molecule has 0 aromatic heterocycles. The summed E-state index contributed by atoms with van der Waals surface area (Å²) in [6, 6.07) is 11.5. The number of nitriles is 1. The average molecular weight is 293 g/mol. The molecule has 2 unspecified atom stereocenters. The van der Waals surface area contributed by atoms with Gasteiger partial charge in [-0.3, -0.25) is 0 Å². The zero-order chi connectivity index (χ0) is 14.9. The smallest absolute Gasteiger partial charge is 0.152 e. The molecule has 0 bridgehead atoms. The Labute approximate surface area is 120 Å². The molecule has 0 aliphatic carbocycles. The summed E-state index contributed by atoms with van der Waals surface area (Å²) in [5.74, 6) is -0.259. The Kier molecular flexibility index (Phi) is 3.90. The standard InChI is InChI=1S/C15H19NO3S/c1-2-15(17,10-13-6-4-3-5-7-13)14(11-16)8-9-20(18,19)12-14/h3-7,17H,2,8-10,12H2,1H3. The third kappa shape index (κ3) is 2.58. The van der Waals surface area contributed by atoms with E-state index in [9.17, 15) is 18.8 Å². The van der Waals surface area contributed by atoms with E-state index < -0.39 is 20.9 Å². The quantitative estimate of drug-likeness (QED) is 0.916. The Morgan fingerprint density at radius 1 is 1.40 bits per heavy atom. The van der Waals surface area contributed by atoms with Gasteiger partial charge in [-0.2, -0.15) is 5.26 Å². The molecule has 2 atom stereocenters. The molecule has 0 saturated carbocycles. The number of aliphatic hydroxyl groups is 1. The predicted octanol–water partition coefficient (Wildman–Crippen LogP) is 1.70. The Morgan fingerprint density at radius 2 is 2.05 bits per heavy atom. The fourth-order valence-electron chi connectivity index (χ4n) is 2.97. The van der Waals surface area contributed by atoms with Gasteiger partial charge in [-0.15, -0.1) is 0 Å². The maximum atomic E-state index is 11.8. The Morgan fingerprint density at radius 3 is 2.50 bits per heavy atom. The fourth-order valence-corrected chi connectivity index (χ4v) is 5.01. The minimum Gasteiger partial charge on any atom is -0.388 e. The summed E-state index contributed by atoms with van der Waals surface area (Å²) in [5, 5.41) is 20.5. The second-order valence-corrected chi connectivity index (χ2v) is 7.77. The van der Waals surface area contributed by atoms with Crippen LogP contribution in [0, 0.1) is 16.7 Å². The van der Waals surface area contributed by atoms with E-state index in [0.717, 1.165) is 5.56 Å². The van der Waals surface area contributed by atoms with Crippen LogP contribution in [-0.4, -0.2) is 30.6 Å². The molecule has 0 spiro atoms. The summed E-state index contributed by atoms with van der Waals surface area (Å²) in [7, 11) is -3.23. The Bertz CT molecular complexity index is 620. The number of nitrogens with zero attached hydrogens (tertiary/aromatic N) is 1. The first-order valence-corrected chi connectivity index (χ1v) is 8.56. The van der Waals surface area contributed by atoms with Gasteiger partial charge in [0.2, 0.25) is 0 Å². The van der Waals surface area contributed by atoms with Crippen molar-refractivity contribution in [1.82, 2.24) is 0 Å². The van der Waals surface area contributed by atoms with Gasteiger partial charge in [-0.05, 0) is 18.4 Å². The van der Waals surface area contributed by atoms with Gasteiger partial charge in [0, 0.05) is 6.42 Å². The second kappa shape index (κ2) is 5.19. The lowest BCUT2D eigenvalue weighted by Crippen LogP contribution is -2.49. The Hall–Kier alpha value is -1.38. The van der Waals surface area contributed by atoms with Crippen molar-refractivity contribution in [2.75, 3.05) is 11.5 Å².